The molecule has 32 heavy (non-hydrogen) atoms. The van der Waals surface area contributed by atoms with Gasteiger partial charge in [-0.05, 0) is 63.4 Å². The van der Waals surface area contributed by atoms with Gasteiger partial charge in [0, 0.05) is 24.7 Å². The summed E-state index contributed by atoms with van der Waals surface area (Å²) in [6.45, 7) is 17.6. The minimum atomic E-state index is -1.83. The molecule has 0 saturated carbocycles. The van der Waals surface area contributed by atoms with Crippen LogP contribution in [0.3, 0.4) is 0 Å². The Morgan fingerprint density at radius 3 is 2.44 bits per heavy atom. The van der Waals surface area contributed by atoms with Crippen LogP contribution < -0.4 is 4.74 Å². The molecule has 0 radical (unpaired) electrons. The first-order valence-electron chi connectivity index (χ1n) is 11.6. The van der Waals surface area contributed by atoms with Gasteiger partial charge < -0.3 is 13.9 Å². The van der Waals surface area contributed by atoms with Gasteiger partial charge >= 0.3 is 6.09 Å². The highest BCUT2D eigenvalue weighted by atomic mass is 28.4. The highest BCUT2D eigenvalue weighted by Gasteiger charge is 2.45. The fourth-order valence-corrected chi connectivity index (χ4v) is 5.18. The Bertz CT molecular complexity index is 883. The van der Waals surface area contributed by atoms with Crippen molar-refractivity contribution < 1.29 is 18.7 Å². The number of amides is 1. The maximum atomic E-state index is 12.9. The third kappa shape index (κ3) is 5.20. The maximum absolute atomic E-state index is 12.9. The molecule has 178 valence electrons. The summed E-state index contributed by atoms with van der Waals surface area (Å²) in [4.78, 5) is 19.6. The number of rotatable bonds is 6. The molecule has 0 spiro atoms. The number of methoxy groups -OCH3 is 1. The van der Waals surface area contributed by atoms with Gasteiger partial charge in [0.2, 0.25) is 5.88 Å². The number of ether oxygens (including phenoxy) is 2. The molecule has 0 N–H and O–H groups in total. The summed E-state index contributed by atoms with van der Waals surface area (Å²) < 4.78 is 17.5. The smallest absolute Gasteiger partial charge is 0.411 e. The van der Waals surface area contributed by atoms with Crippen molar-refractivity contribution in [3.05, 3.63) is 29.5 Å². The molecule has 1 fully saturated rings. The third-order valence-corrected chi connectivity index (χ3v) is 11.4. The zero-order chi connectivity index (χ0) is 23.9. The summed E-state index contributed by atoms with van der Waals surface area (Å²) in [7, 11) is -0.197. The van der Waals surface area contributed by atoms with E-state index in [0.717, 1.165) is 24.1 Å². The molecule has 0 aliphatic carbocycles. The zero-order valence-electron chi connectivity index (χ0n) is 21.2. The average Bonchev–Trinajstić information content (AvgIpc) is 3.23. The van der Waals surface area contributed by atoms with Crippen molar-refractivity contribution in [2.75, 3.05) is 13.7 Å². The monoisotopic (exact) mass is 460 g/mol. The summed E-state index contributed by atoms with van der Waals surface area (Å²) in [5.41, 5.74) is 2.72. The average molecular weight is 461 g/mol. The number of hydrogen-bond acceptors (Lipinski definition) is 5. The number of pyridine rings is 1. The van der Waals surface area contributed by atoms with Gasteiger partial charge in [-0.25, -0.2) is 9.78 Å². The minimum Gasteiger partial charge on any atom is -0.481 e. The number of hydrogen-bond donors (Lipinski definition) is 0. The molecule has 2 unspecified atom stereocenters. The van der Waals surface area contributed by atoms with E-state index in [-0.39, 0.29) is 23.2 Å². The van der Waals surface area contributed by atoms with Crippen LogP contribution in [-0.4, -0.2) is 55.7 Å². The van der Waals surface area contributed by atoms with Crippen LogP contribution in [0.4, 0.5) is 4.79 Å². The van der Waals surface area contributed by atoms with Crippen LogP contribution in [-0.2, 0) is 15.6 Å². The number of fused-ring (bicyclic) bond motifs is 2. The van der Waals surface area contributed by atoms with Crippen molar-refractivity contribution in [3.63, 3.8) is 0 Å². The van der Waals surface area contributed by atoms with Gasteiger partial charge in [-0.1, -0.05) is 26.8 Å². The Morgan fingerprint density at radius 1 is 1.16 bits per heavy atom. The van der Waals surface area contributed by atoms with Crippen molar-refractivity contribution >= 4 is 20.0 Å². The normalized spacial score (nSPS) is 21.0. The van der Waals surface area contributed by atoms with Crippen LogP contribution in [0.25, 0.3) is 5.57 Å². The largest absolute Gasteiger partial charge is 0.481 e. The van der Waals surface area contributed by atoms with E-state index < -0.39 is 13.9 Å². The third-order valence-electron chi connectivity index (χ3n) is 6.84. The predicted molar refractivity (Wildman–Crippen MR) is 131 cm³/mol. The summed E-state index contributed by atoms with van der Waals surface area (Å²) in [5, 5.41) is 0.165. The van der Waals surface area contributed by atoms with E-state index in [4.69, 9.17) is 18.9 Å². The molecule has 2 atom stereocenters. The molecule has 1 aromatic heterocycles. The Hall–Kier alpha value is -1.86. The lowest BCUT2D eigenvalue weighted by Crippen LogP contribution is -2.41. The maximum Gasteiger partial charge on any atom is 0.411 e. The van der Waals surface area contributed by atoms with E-state index >= 15 is 0 Å². The molecule has 1 aromatic rings. The van der Waals surface area contributed by atoms with Gasteiger partial charge in [0.05, 0.1) is 24.9 Å². The van der Waals surface area contributed by atoms with Crippen molar-refractivity contribution in [1.29, 1.82) is 0 Å². The topological polar surface area (TPSA) is 60.9 Å². The van der Waals surface area contributed by atoms with Crippen LogP contribution in [0, 0.1) is 0 Å². The molecular weight excluding hydrogens is 420 g/mol. The first-order chi connectivity index (χ1) is 14.7. The van der Waals surface area contributed by atoms with Gasteiger partial charge in [-0.3, -0.25) is 4.90 Å². The van der Waals surface area contributed by atoms with Crippen LogP contribution in [0.5, 0.6) is 5.88 Å². The van der Waals surface area contributed by atoms with E-state index in [9.17, 15) is 4.79 Å². The van der Waals surface area contributed by atoms with Gasteiger partial charge in [0.25, 0.3) is 0 Å². The lowest BCUT2D eigenvalue weighted by Gasteiger charge is -2.36. The first-order valence-corrected chi connectivity index (χ1v) is 14.6. The molecular formula is C25H40N2O4Si. The summed E-state index contributed by atoms with van der Waals surface area (Å²) in [6.07, 6.45) is 4.61. The molecule has 1 amide bonds. The molecule has 2 aliphatic rings. The SMILES string of the molecule is COc1ccc(C2=CC3CCC2N3C(=O)OC(C)(C)C)c(CCO[Si](C)(C)C(C)(C)C)n1. The number of carbonyl (C=O) groups is 1. The highest BCUT2D eigenvalue weighted by molar-refractivity contribution is 6.74. The lowest BCUT2D eigenvalue weighted by atomic mass is 9.91. The van der Waals surface area contributed by atoms with E-state index in [2.05, 4.69) is 46.0 Å². The number of aromatic nitrogens is 1. The second-order valence-corrected chi connectivity index (χ2v) is 16.2. The fraction of sp³-hybridized carbons (Fsp3) is 0.680. The van der Waals surface area contributed by atoms with Crippen molar-refractivity contribution in [2.45, 2.75) is 96.6 Å². The summed E-state index contributed by atoms with van der Waals surface area (Å²) >= 11 is 0. The number of carbonyl (C=O) groups excluding carboxylic acids is 1. The van der Waals surface area contributed by atoms with Crippen LogP contribution in [0.1, 0.15) is 65.6 Å². The molecule has 0 aromatic carbocycles. The van der Waals surface area contributed by atoms with Crippen LogP contribution >= 0.6 is 0 Å². The van der Waals surface area contributed by atoms with E-state index in [1.807, 2.05) is 31.7 Å². The van der Waals surface area contributed by atoms with Gasteiger partial charge in [-0.15, -0.1) is 0 Å². The molecule has 2 bridgehead atoms. The van der Waals surface area contributed by atoms with Gasteiger partial charge in [0.1, 0.15) is 5.60 Å². The number of nitrogens with zero attached hydrogens (tertiary/aromatic N) is 2. The second-order valence-electron chi connectivity index (χ2n) is 11.4. The molecule has 3 heterocycles. The standard InChI is InChI=1S/C25H40N2O4Si/c1-24(2,3)31-23(28)27-17-10-12-21(27)19(16-17)18-11-13-22(29-7)26-20(18)14-15-30-32(8,9)25(4,5)6/h11,13,16-17,21H,10,12,14-15H2,1-9H3. The summed E-state index contributed by atoms with van der Waals surface area (Å²) in [6, 6.07) is 4.10. The van der Waals surface area contributed by atoms with E-state index in [1.54, 1.807) is 7.11 Å². The quantitative estimate of drug-likeness (QED) is 0.501. The Morgan fingerprint density at radius 2 is 1.84 bits per heavy atom. The summed E-state index contributed by atoms with van der Waals surface area (Å²) in [5.74, 6) is 0.601. The first kappa shape index (κ1) is 24.8. The molecule has 6 nitrogen and oxygen atoms in total. The minimum absolute atomic E-state index is 0.0325. The van der Waals surface area contributed by atoms with E-state index in [1.165, 1.54) is 5.57 Å². The Kier molecular flexibility index (Phi) is 6.83. The fourth-order valence-electron chi connectivity index (χ4n) is 4.14. The van der Waals surface area contributed by atoms with Crippen LogP contribution in [0.2, 0.25) is 18.1 Å². The molecule has 1 saturated heterocycles. The van der Waals surface area contributed by atoms with Crippen LogP contribution in [0.15, 0.2) is 18.2 Å². The highest BCUT2D eigenvalue weighted by Crippen LogP contribution is 2.43. The van der Waals surface area contributed by atoms with E-state index in [0.29, 0.717) is 18.9 Å². The molecule has 7 heteroatoms. The van der Waals surface area contributed by atoms with Gasteiger partial charge in [-0.2, -0.15) is 0 Å². The lowest BCUT2D eigenvalue weighted by molar-refractivity contribution is 0.0235. The Balaban J connectivity index is 1.81. The molecule has 2 aliphatic heterocycles. The van der Waals surface area contributed by atoms with Crippen molar-refractivity contribution in [1.82, 2.24) is 9.88 Å². The zero-order valence-corrected chi connectivity index (χ0v) is 22.2. The Labute approximate surface area is 194 Å². The molecule has 3 rings (SSSR count). The second kappa shape index (κ2) is 8.82. The predicted octanol–water partition coefficient (Wildman–Crippen LogP) is 5.82. The van der Waals surface area contributed by atoms with Crippen molar-refractivity contribution in [2.24, 2.45) is 0 Å². The van der Waals surface area contributed by atoms with Crippen molar-refractivity contribution in [3.8, 4) is 5.88 Å². The van der Waals surface area contributed by atoms with Gasteiger partial charge in [0.15, 0.2) is 8.32 Å².